The smallest absolute Gasteiger partial charge is 0.0300 e. The Morgan fingerprint density at radius 3 is 2.43 bits per heavy atom. The normalized spacial score (nSPS) is 12.3. The lowest BCUT2D eigenvalue weighted by molar-refractivity contribution is 0.502. The molecule has 2 nitrogen and oxygen atoms in total. The van der Waals surface area contributed by atoms with Gasteiger partial charge in [0.2, 0.25) is 0 Å². The van der Waals surface area contributed by atoms with Crippen LogP contribution in [-0.2, 0) is 12.8 Å². The second-order valence-electron chi connectivity index (χ2n) is 5.79. The monoisotopic (exact) mass is 282 g/mol. The largest absolute Gasteiger partial charge is 0.313 e. The molecule has 0 bridgehead atoms. The number of hydrogen-bond acceptors (Lipinski definition) is 2. The van der Waals surface area contributed by atoms with E-state index >= 15 is 0 Å². The summed E-state index contributed by atoms with van der Waals surface area (Å²) in [5.41, 5.74) is 5.57. The van der Waals surface area contributed by atoms with Crippen molar-refractivity contribution in [1.29, 1.82) is 0 Å². The van der Waals surface area contributed by atoms with Crippen molar-refractivity contribution >= 4 is 0 Å². The highest BCUT2D eigenvalue weighted by Crippen LogP contribution is 2.17. The lowest BCUT2D eigenvalue weighted by Crippen LogP contribution is -2.34. The summed E-state index contributed by atoms with van der Waals surface area (Å²) < 4.78 is 0. The average molecular weight is 282 g/mol. The highest BCUT2D eigenvalue weighted by Gasteiger charge is 2.13. The van der Waals surface area contributed by atoms with Gasteiger partial charge in [0.25, 0.3) is 0 Å². The Morgan fingerprint density at radius 2 is 1.81 bits per heavy atom. The molecule has 1 atom stereocenters. The third-order valence-electron chi connectivity index (χ3n) is 3.98. The van der Waals surface area contributed by atoms with Crippen LogP contribution in [0.3, 0.4) is 0 Å². The number of nitrogens with zero attached hydrogens (tertiary/aromatic N) is 1. The van der Waals surface area contributed by atoms with Crippen LogP contribution in [0.25, 0.3) is 0 Å². The van der Waals surface area contributed by atoms with Gasteiger partial charge in [-0.15, -0.1) is 0 Å². The van der Waals surface area contributed by atoms with Crippen molar-refractivity contribution in [2.45, 2.75) is 46.1 Å². The average Bonchev–Trinajstić information content (AvgIpc) is 2.49. The molecule has 0 aliphatic heterocycles. The Labute approximate surface area is 128 Å². The molecule has 0 aliphatic carbocycles. The third kappa shape index (κ3) is 4.68. The first kappa shape index (κ1) is 15.7. The summed E-state index contributed by atoms with van der Waals surface area (Å²) in [6, 6.07) is 11.2. The fraction of sp³-hybridized carbons (Fsp3) is 0.421. The molecule has 0 saturated heterocycles. The lowest BCUT2D eigenvalue weighted by Gasteiger charge is -2.21. The Bertz CT molecular complexity index is 528. The highest BCUT2D eigenvalue weighted by molar-refractivity contribution is 5.34. The summed E-state index contributed by atoms with van der Waals surface area (Å²) >= 11 is 0. The fourth-order valence-corrected chi connectivity index (χ4v) is 2.79. The molecule has 0 radical (unpaired) electrons. The number of pyridine rings is 1. The Hall–Kier alpha value is -1.67. The summed E-state index contributed by atoms with van der Waals surface area (Å²) in [6.45, 7) is 7.70. The van der Waals surface area contributed by atoms with Crippen molar-refractivity contribution in [3.8, 4) is 0 Å². The van der Waals surface area contributed by atoms with Crippen LogP contribution in [-0.4, -0.2) is 17.6 Å². The maximum Gasteiger partial charge on any atom is 0.0300 e. The molecule has 0 spiro atoms. The zero-order valence-electron chi connectivity index (χ0n) is 13.4. The number of rotatable bonds is 7. The molecule has 2 rings (SSSR count). The zero-order valence-corrected chi connectivity index (χ0v) is 13.4. The van der Waals surface area contributed by atoms with E-state index in [1.54, 1.807) is 0 Å². The second-order valence-corrected chi connectivity index (χ2v) is 5.79. The molecule has 1 unspecified atom stereocenters. The van der Waals surface area contributed by atoms with Crippen LogP contribution in [0.15, 0.2) is 42.7 Å². The summed E-state index contributed by atoms with van der Waals surface area (Å²) in [5, 5.41) is 3.69. The number of aryl methyl sites for hydroxylation is 2. The molecule has 0 aliphatic rings. The summed E-state index contributed by atoms with van der Waals surface area (Å²) in [6.07, 6.45) is 7.08. The Morgan fingerprint density at radius 1 is 1.05 bits per heavy atom. The van der Waals surface area contributed by atoms with E-state index in [4.69, 9.17) is 0 Å². The first-order chi connectivity index (χ1) is 10.2. The predicted molar refractivity (Wildman–Crippen MR) is 89.6 cm³/mol. The molecule has 112 valence electrons. The van der Waals surface area contributed by atoms with Crippen molar-refractivity contribution in [2.75, 3.05) is 6.54 Å². The molecule has 0 saturated carbocycles. The first-order valence-electron chi connectivity index (χ1n) is 7.88. The van der Waals surface area contributed by atoms with Crippen LogP contribution in [0.1, 0.15) is 35.6 Å². The van der Waals surface area contributed by atoms with Gasteiger partial charge in [-0.1, -0.05) is 31.2 Å². The van der Waals surface area contributed by atoms with Gasteiger partial charge >= 0.3 is 0 Å². The van der Waals surface area contributed by atoms with Gasteiger partial charge < -0.3 is 5.32 Å². The minimum absolute atomic E-state index is 0.467. The minimum Gasteiger partial charge on any atom is -0.313 e. The van der Waals surface area contributed by atoms with Gasteiger partial charge in [-0.3, -0.25) is 4.98 Å². The topological polar surface area (TPSA) is 24.9 Å². The highest BCUT2D eigenvalue weighted by atomic mass is 14.9. The summed E-state index contributed by atoms with van der Waals surface area (Å²) in [4.78, 5) is 4.23. The molecule has 1 N–H and O–H groups in total. The molecular formula is C19H26N2. The molecule has 0 amide bonds. The number of aromatic nitrogens is 1. The maximum atomic E-state index is 4.23. The molecule has 0 fully saturated rings. The second kappa shape index (κ2) is 7.94. The van der Waals surface area contributed by atoms with Crippen LogP contribution < -0.4 is 5.32 Å². The fourth-order valence-electron chi connectivity index (χ4n) is 2.79. The van der Waals surface area contributed by atoms with E-state index in [1.807, 2.05) is 18.5 Å². The van der Waals surface area contributed by atoms with E-state index in [2.05, 4.69) is 55.3 Å². The van der Waals surface area contributed by atoms with E-state index in [1.165, 1.54) is 22.3 Å². The van der Waals surface area contributed by atoms with Crippen LogP contribution >= 0.6 is 0 Å². The van der Waals surface area contributed by atoms with Crippen LogP contribution in [0.4, 0.5) is 0 Å². The molecule has 2 aromatic rings. The van der Waals surface area contributed by atoms with Crippen molar-refractivity contribution < 1.29 is 0 Å². The minimum atomic E-state index is 0.467. The predicted octanol–water partition coefficient (Wildman–Crippen LogP) is 3.85. The van der Waals surface area contributed by atoms with E-state index in [-0.39, 0.29) is 0 Å². The Kier molecular flexibility index (Phi) is 5.94. The molecule has 1 aromatic carbocycles. The summed E-state index contributed by atoms with van der Waals surface area (Å²) in [7, 11) is 0. The standard InChI is InChI=1S/C19H26N2/c1-4-10-21-18(12-17-9-6-11-20-14-17)13-19-15(2)7-5-8-16(19)3/h5-9,11,14,18,21H,4,10,12-13H2,1-3H3. The van der Waals surface area contributed by atoms with Gasteiger partial charge in [-0.05, 0) is 68.0 Å². The van der Waals surface area contributed by atoms with Crippen molar-refractivity contribution in [1.82, 2.24) is 10.3 Å². The molecule has 1 aromatic heterocycles. The van der Waals surface area contributed by atoms with Crippen LogP contribution in [0, 0.1) is 13.8 Å². The van der Waals surface area contributed by atoms with Crippen molar-refractivity contribution in [3.63, 3.8) is 0 Å². The quantitative estimate of drug-likeness (QED) is 0.834. The summed E-state index contributed by atoms with van der Waals surface area (Å²) in [5.74, 6) is 0. The number of benzene rings is 1. The SMILES string of the molecule is CCCNC(Cc1cccnc1)Cc1c(C)cccc1C. The van der Waals surface area contributed by atoms with Crippen LogP contribution in [0.5, 0.6) is 0 Å². The van der Waals surface area contributed by atoms with Gasteiger partial charge in [0.15, 0.2) is 0 Å². The molecule has 1 heterocycles. The molecule has 21 heavy (non-hydrogen) atoms. The number of hydrogen-bond donors (Lipinski definition) is 1. The van der Waals surface area contributed by atoms with Gasteiger partial charge in [0.1, 0.15) is 0 Å². The lowest BCUT2D eigenvalue weighted by atomic mass is 9.93. The zero-order chi connectivity index (χ0) is 15.1. The van der Waals surface area contributed by atoms with Crippen LogP contribution in [0.2, 0.25) is 0 Å². The molecule has 2 heteroatoms. The van der Waals surface area contributed by atoms with Gasteiger partial charge in [-0.2, -0.15) is 0 Å². The Balaban J connectivity index is 2.12. The van der Waals surface area contributed by atoms with Crippen molar-refractivity contribution in [2.24, 2.45) is 0 Å². The van der Waals surface area contributed by atoms with Gasteiger partial charge in [-0.25, -0.2) is 0 Å². The van der Waals surface area contributed by atoms with E-state index < -0.39 is 0 Å². The van der Waals surface area contributed by atoms with E-state index in [0.29, 0.717) is 6.04 Å². The van der Waals surface area contributed by atoms with E-state index in [0.717, 1.165) is 25.8 Å². The first-order valence-corrected chi connectivity index (χ1v) is 7.88. The van der Waals surface area contributed by atoms with E-state index in [9.17, 15) is 0 Å². The van der Waals surface area contributed by atoms with Gasteiger partial charge in [0.05, 0.1) is 0 Å². The van der Waals surface area contributed by atoms with Crippen molar-refractivity contribution in [3.05, 3.63) is 65.0 Å². The molecular weight excluding hydrogens is 256 g/mol. The third-order valence-corrected chi connectivity index (χ3v) is 3.98. The number of nitrogens with one attached hydrogen (secondary N) is 1. The maximum absolute atomic E-state index is 4.23. The van der Waals surface area contributed by atoms with Gasteiger partial charge in [0, 0.05) is 18.4 Å².